The summed E-state index contributed by atoms with van der Waals surface area (Å²) >= 11 is 0. The van der Waals surface area contributed by atoms with E-state index in [4.69, 9.17) is 14.2 Å². The molecule has 2 N–H and O–H groups in total. The number of ether oxygens (including phenoxy) is 3. The summed E-state index contributed by atoms with van der Waals surface area (Å²) in [4.78, 5) is 22.6. The van der Waals surface area contributed by atoms with Crippen LogP contribution in [0.15, 0.2) is 36.7 Å². The van der Waals surface area contributed by atoms with Crippen molar-refractivity contribution in [2.24, 2.45) is 0 Å². The number of non-ortho nitro benzene ring substituents is 1. The van der Waals surface area contributed by atoms with Crippen molar-refractivity contribution in [1.82, 2.24) is 15.0 Å². The monoisotopic (exact) mass is 395 g/mol. The molecule has 0 unspecified atom stereocenters. The first kappa shape index (κ1) is 18.3. The number of fused-ring (bicyclic) bond motifs is 3. The van der Waals surface area contributed by atoms with Gasteiger partial charge in [-0.25, -0.2) is 9.97 Å². The minimum absolute atomic E-state index is 0.0651. The number of nitrogens with zero attached hydrogens (tertiary/aromatic N) is 3. The van der Waals surface area contributed by atoms with Crippen LogP contribution in [0.4, 0.5) is 17.2 Å². The minimum atomic E-state index is -0.471. The molecule has 0 aliphatic heterocycles. The van der Waals surface area contributed by atoms with E-state index in [-0.39, 0.29) is 5.69 Å². The number of anilines is 2. The van der Waals surface area contributed by atoms with Gasteiger partial charge >= 0.3 is 0 Å². The fraction of sp³-hybridized carbons (Fsp3) is 0.158. The number of hydrogen-bond acceptors (Lipinski definition) is 8. The highest BCUT2D eigenvalue weighted by Crippen LogP contribution is 2.38. The first-order valence-electron chi connectivity index (χ1n) is 8.53. The van der Waals surface area contributed by atoms with Crippen LogP contribution in [0.1, 0.15) is 0 Å². The smallest absolute Gasteiger partial charge is 0.271 e. The number of H-pyrrole nitrogens is 1. The van der Waals surface area contributed by atoms with Crippen molar-refractivity contribution in [3.63, 3.8) is 0 Å². The molecular weight excluding hydrogens is 378 g/mol. The predicted octanol–water partition coefficient (Wildman–Crippen LogP) is 3.79. The first-order valence-corrected chi connectivity index (χ1v) is 8.53. The molecule has 29 heavy (non-hydrogen) atoms. The van der Waals surface area contributed by atoms with Crippen LogP contribution >= 0.6 is 0 Å². The van der Waals surface area contributed by atoms with Gasteiger partial charge in [-0.3, -0.25) is 10.1 Å². The number of aromatic nitrogens is 3. The van der Waals surface area contributed by atoms with Crippen LogP contribution in [-0.2, 0) is 0 Å². The lowest BCUT2D eigenvalue weighted by Gasteiger charge is -2.10. The molecule has 0 saturated carbocycles. The summed E-state index contributed by atoms with van der Waals surface area (Å²) < 4.78 is 16.0. The average Bonchev–Trinajstić information content (AvgIpc) is 3.11. The average molecular weight is 395 g/mol. The Kier molecular flexibility index (Phi) is 4.51. The second-order valence-corrected chi connectivity index (χ2v) is 6.09. The Morgan fingerprint density at radius 1 is 1.00 bits per heavy atom. The largest absolute Gasteiger partial charge is 0.495 e. The van der Waals surface area contributed by atoms with Crippen LogP contribution in [0, 0.1) is 10.1 Å². The van der Waals surface area contributed by atoms with Crippen molar-refractivity contribution in [2.75, 3.05) is 26.6 Å². The Hall–Kier alpha value is -4.08. The van der Waals surface area contributed by atoms with Gasteiger partial charge in [0.05, 0.1) is 37.5 Å². The number of nitro groups is 1. The van der Waals surface area contributed by atoms with Gasteiger partial charge in [0.2, 0.25) is 0 Å². The standard InChI is InChI=1S/C19H17N5O5/c1-27-14-5-4-10(24(25)26)6-13(14)23-19-18-17(20-9-21-19)11-7-15(28-2)16(29-3)8-12(11)22-18/h4-9,22H,1-3H3,(H,20,21,23). The second kappa shape index (κ2) is 7.15. The van der Waals surface area contributed by atoms with Gasteiger partial charge in [0.25, 0.3) is 5.69 Å². The molecule has 148 valence electrons. The van der Waals surface area contributed by atoms with E-state index >= 15 is 0 Å². The summed E-state index contributed by atoms with van der Waals surface area (Å²) in [6.07, 6.45) is 1.42. The van der Waals surface area contributed by atoms with Crippen LogP contribution in [0.2, 0.25) is 0 Å². The fourth-order valence-electron chi connectivity index (χ4n) is 3.15. The topological polar surface area (TPSA) is 124 Å². The van der Waals surface area contributed by atoms with Crippen molar-refractivity contribution >= 4 is 39.1 Å². The Balaban J connectivity index is 1.87. The van der Waals surface area contributed by atoms with E-state index in [1.807, 2.05) is 12.1 Å². The zero-order valence-electron chi connectivity index (χ0n) is 15.8. The maximum Gasteiger partial charge on any atom is 0.271 e. The molecular formula is C19H17N5O5. The third-order valence-electron chi connectivity index (χ3n) is 4.53. The molecule has 4 aromatic rings. The summed E-state index contributed by atoms with van der Waals surface area (Å²) in [5, 5.41) is 15.1. The Bertz CT molecular complexity index is 1240. The third kappa shape index (κ3) is 3.10. The van der Waals surface area contributed by atoms with Gasteiger partial charge in [-0.1, -0.05) is 0 Å². The molecule has 0 saturated heterocycles. The highest BCUT2D eigenvalue weighted by molar-refractivity contribution is 6.09. The molecule has 0 spiro atoms. The van der Waals surface area contributed by atoms with Crippen molar-refractivity contribution in [3.05, 3.63) is 46.8 Å². The van der Waals surface area contributed by atoms with E-state index in [9.17, 15) is 10.1 Å². The zero-order valence-corrected chi connectivity index (χ0v) is 15.8. The second-order valence-electron chi connectivity index (χ2n) is 6.09. The molecule has 10 nitrogen and oxygen atoms in total. The molecule has 0 radical (unpaired) electrons. The summed E-state index contributed by atoms with van der Waals surface area (Å²) in [6.45, 7) is 0. The molecule has 0 amide bonds. The maximum atomic E-state index is 11.1. The Morgan fingerprint density at radius 2 is 1.72 bits per heavy atom. The van der Waals surface area contributed by atoms with E-state index in [0.717, 1.165) is 10.9 Å². The molecule has 4 rings (SSSR count). The zero-order chi connectivity index (χ0) is 20.5. The molecule has 2 aromatic heterocycles. The number of hydrogen-bond donors (Lipinski definition) is 2. The van der Waals surface area contributed by atoms with Gasteiger partial charge in [0, 0.05) is 23.6 Å². The lowest BCUT2D eigenvalue weighted by Crippen LogP contribution is -1.99. The van der Waals surface area contributed by atoms with Crippen LogP contribution < -0.4 is 19.5 Å². The molecule has 0 aliphatic rings. The maximum absolute atomic E-state index is 11.1. The number of methoxy groups -OCH3 is 3. The fourth-order valence-corrected chi connectivity index (χ4v) is 3.15. The van der Waals surface area contributed by atoms with E-state index < -0.39 is 4.92 Å². The molecule has 2 heterocycles. The van der Waals surface area contributed by atoms with Gasteiger partial charge in [0.15, 0.2) is 17.3 Å². The Morgan fingerprint density at radius 3 is 2.41 bits per heavy atom. The molecule has 0 bridgehead atoms. The van der Waals surface area contributed by atoms with Crippen LogP contribution in [0.25, 0.3) is 21.9 Å². The van der Waals surface area contributed by atoms with Crippen molar-refractivity contribution in [1.29, 1.82) is 0 Å². The molecule has 2 aromatic carbocycles. The highest BCUT2D eigenvalue weighted by Gasteiger charge is 2.17. The molecule has 0 aliphatic carbocycles. The van der Waals surface area contributed by atoms with Crippen molar-refractivity contribution in [3.8, 4) is 17.2 Å². The Labute approximate surface area is 164 Å². The quantitative estimate of drug-likeness (QED) is 0.373. The summed E-state index contributed by atoms with van der Waals surface area (Å²) in [5.74, 6) is 2.05. The molecule has 10 heteroatoms. The van der Waals surface area contributed by atoms with Crippen LogP contribution in [0.3, 0.4) is 0 Å². The van der Waals surface area contributed by atoms with Gasteiger partial charge in [-0.05, 0) is 12.1 Å². The number of rotatable bonds is 6. The van der Waals surface area contributed by atoms with Crippen molar-refractivity contribution < 1.29 is 19.1 Å². The minimum Gasteiger partial charge on any atom is -0.495 e. The van der Waals surface area contributed by atoms with E-state index in [0.29, 0.717) is 39.8 Å². The van der Waals surface area contributed by atoms with Crippen molar-refractivity contribution in [2.45, 2.75) is 0 Å². The van der Waals surface area contributed by atoms with E-state index in [1.54, 1.807) is 14.2 Å². The highest BCUT2D eigenvalue weighted by atomic mass is 16.6. The van der Waals surface area contributed by atoms with E-state index in [2.05, 4.69) is 20.3 Å². The molecule has 0 fully saturated rings. The predicted molar refractivity (Wildman–Crippen MR) is 107 cm³/mol. The summed E-state index contributed by atoms with van der Waals surface area (Å²) in [7, 11) is 4.62. The lowest BCUT2D eigenvalue weighted by atomic mass is 10.2. The van der Waals surface area contributed by atoms with Gasteiger partial charge in [-0.15, -0.1) is 0 Å². The first-order chi connectivity index (χ1) is 14.0. The van der Waals surface area contributed by atoms with Crippen LogP contribution in [-0.4, -0.2) is 41.2 Å². The van der Waals surface area contributed by atoms with Gasteiger partial charge in [0.1, 0.15) is 23.1 Å². The number of aromatic amines is 1. The van der Waals surface area contributed by atoms with Crippen LogP contribution in [0.5, 0.6) is 17.2 Å². The number of nitro benzene ring substituents is 1. The third-order valence-corrected chi connectivity index (χ3v) is 4.53. The molecule has 0 atom stereocenters. The lowest BCUT2D eigenvalue weighted by molar-refractivity contribution is -0.384. The normalized spacial score (nSPS) is 10.9. The van der Waals surface area contributed by atoms with Gasteiger partial charge < -0.3 is 24.5 Å². The van der Waals surface area contributed by atoms with Gasteiger partial charge in [-0.2, -0.15) is 0 Å². The van der Waals surface area contributed by atoms with E-state index in [1.165, 1.54) is 31.6 Å². The number of nitrogens with one attached hydrogen (secondary N) is 2. The summed E-state index contributed by atoms with van der Waals surface area (Å²) in [6, 6.07) is 7.94. The summed E-state index contributed by atoms with van der Waals surface area (Å²) in [5.41, 5.74) is 2.43. The SMILES string of the molecule is COc1ccc([N+](=O)[O-])cc1Nc1ncnc2c1[nH]c1cc(OC)c(OC)cc12. The number of benzene rings is 2.